The van der Waals surface area contributed by atoms with E-state index in [1.165, 1.54) is 43.8 Å². The number of hydrogen-bond donors (Lipinski definition) is 0. The summed E-state index contributed by atoms with van der Waals surface area (Å²) in [5.41, 5.74) is 7.46. The van der Waals surface area contributed by atoms with Gasteiger partial charge >= 0.3 is 0 Å². The van der Waals surface area contributed by atoms with Crippen molar-refractivity contribution in [2.45, 2.75) is 0 Å². The van der Waals surface area contributed by atoms with E-state index in [4.69, 9.17) is 0 Å². The molecule has 0 unspecified atom stereocenters. The average Bonchev–Trinajstić information content (AvgIpc) is 2.92. The summed E-state index contributed by atoms with van der Waals surface area (Å²) in [4.78, 5) is 0. The van der Waals surface area contributed by atoms with Gasteiger partial charge in [-0.05, 0) is 73.1 Å². The van der Waals surface area contributed by atoms with Gasteiger partial charge in [0.1, 0.15) is 0 Å². The topological polar surface area (TPSA) is 23.8 Å². The van der Waals surface area contributed by atoms with Crippen LogP contribution in [0.25, 0.3) is 54.9 Å². The zero-order chi connectivity index (χ0) is 23.8. The minimum atomic E-state index is 0.657. The largest absolute Gasteiger partial charge is 0.192 e. The molecule has 6 aromatic carbocycles. The normalized spacial score (nSPS) is 11.0. The molecule has 0 bridgehead atoms. The average molecular weight is 510 g/mol. The van der Waals surface area contributed by atoms with E-state index >= 15 is 0 Å². The molecule has 1 nitrogen and oxygen atoms in total. The van der Waals surface area contributed by atoms with Crippen molar-refractivity contribution in [2.24, 2.45) is 0 Å². The molecular weight excluding hydrogens is 490 g/mol. The van der Waals surface area contributed by atoms with Gasteiger partial charge in [-0.15, -0.1) is 0 Å². The maximum atomic E-state index is 9.81. The van der Waals surface area contributed by atoms with Crippen LogP contribution in [-0.4, -0.2) is 0 Å². The molecule has 0 saturated carbocycles. The summed E-state index contributed by atoms with van der Waals surface area (Å²) in [6.07, 6.45) is 0. The van der Waals surface area contributed by atoms with Crippen molar-refractivity contribution in [1.29, 1.82) is 5.26 Å². The fourth-order valence-corrected chi connectivity index (χ4v) is 5.40. The van der Waals surface area contributed by atoms with Gasteiger partial charge in [-0.1, -0.05) is 119 Å². The van der Waals surface area contributed by atoms with Gasteiger partial charge in [0, 0.05) is 4.47 Å². The number of nitrogens with zero attached hydrogens (tertiary/aromatic N) is 1. The molecule has 35 heavy (non-hydrogen) atoms. The summed E-state index contributed by atoms with van der Waals surface area (Å²) in [7, 11) is 0. The molecule has 2 heteroatoms. The monoisotopic (exact) mass is 509 g/mol. The third kappa shape index (κ3) is 3.71. The van der Waals surface area contributed by atoms with Crippen LogP contribution in [0.1, 0.15) is 5.56 Å². The van der Waals surface area contributed by atoms with Crippen molar-refractivity contribution in [3.63, 3.8) is 0 Å². The second kappa shape index (κ2) is 8.87. The highest BCUT2D eigenvalue weighted by atomic mass is 79.9. The van der Waals surface area contributed by atoms with Crippen LogP contribution in [0.3, 0.4) is 0 Å². The minimum absolute atomic E-state index is 0.657. The van der Waals surface area contributed by atoms with Crippen molar-refractivity contribution in [3.8, 4) is 39.4 Å². The molecule has 0 aliphatic heterocycles. The van der Waals surface area contributed by atoms with Crippen LogP contribution in [0.15, 0.2) is 126 Å². The smallest absolute Gasteiger partial charge is 0.0998 e. The lowest BCUT2D eigenvalue weighted by atomic mass is 9.84. The van der Waals surface area contributed by atoms with Crippen LogP contribution in [-0.2, 0) is 0 Å². The van der Waals surface area contributed by atoms with Gasteiger partial charge in [0.15, 0.2) is 0 Å². The van der Waals surface area contributed by atoms with Gasteiger partial charge in [0.2, 0.25) is 0 Å². The van der Waals surface area contributed by atoms with Crippen LogP contribution in [0.2, 0.25) is 0 Å². The second-order valence-corrected chi connectivity index (χ2v) is 9.51. The maximum absolute atomic E-state index is 9.81. The van der Waals surface area contributed by atoms with Gasteiger partial charge in [-0.25, -0.2) is 0 Å². The molecule has 0 saturated heterocycles. The lowest BCUT2D eigenvalue weighted by Crippen LogP contribution is -1.92. The first kappa shape index (κ1) is 21.4. The fourth-order valence-electron chi connectivity index (χ4n) is 5.04. The number of hydrogen-bond acceptors (Lipinski definition) is 1. The summed E-state index contributed by atoms with van der Waals surface area (Å²) in [5, 5.41) is 14.7. The lowest BCUT2D eigenvalue weighted by Gasteiger charge is -2.19. The van der Waals surface area contributed by atoms with Crippen molar-refractivity contribution >= 4 is 37.5 Å². The Balaban J connectivity index is 1.78. The molecule has 6 aromatic rings. The maximum Gasteiger partial charge on any atom is 0.0998 e. The molecule has 0 heterocycles. The summed E-state index contributed by atoms with van der Waals surface area (Å²) >= 11 is 3.50. The van der Waals surface area contributed by atoms with Crippen molar-refractivity contribution in [1.82, 2.24) is 0 Å². The van der Waals surface area contributed by atoms with E-state index in [0.717, 1.165) is 15.6 Å². The lowest BCUT2D eigenvalue weighted by molar-refractivity contribution is 1.47. The summed E-state index contributed by atoms with van der Waals surface area (Å²) in [6.45, 7) is 0. The van der Waals surface area contributed by atoms with Crippen LogP contribution in [0, 0.1) is 11.3 Å². The predicted octanol–water partition coefficient (Wildman–Crippen LogP) is 9.63. The first-order chi connectivity index (χ1) is 17.2. The summed E-state index contributed by atoms with van der Waals surface area (Å²) < 4.78 is 0.904. The Bertz CT molecular complexity index is 1750. The van der Waals surface area contributed by atoms with Crippen LogP contribution >= 0.6 is 15.9 Å². The SMILES string of the molecule is N#Cc1cc(Br)ccc1-c1ccc2c(-c3ccccc3)c3ccccc3c(-c3ccccc3)c2c1. The summed E-state index contributed by atoms with van der Waals surface area (Å²) in [5.74, 6) is 0. The molecule has 0 radical (unpaired) electrons. The third-order valence-corrected chi connectivity index (χ3v) is 7.06. The molecule has 0 N–H and O–H groups in total. The molecule has 0 aliphatic carbocycles. The van der Waals surface area contributed by atoms with Crippen molar-refractivity contribution in [2.75, 3.05) is 0 Å². The molecule has 0 aromatic heterocycles. The van der Waals surface area contributed by atoms with E-state index in [1.807, 2.05) is 18.2 Å². The third-order valence-electron chi connectivity index (χ3n) is 6.56. The van der Waals surface area contributed by atoms with Gasteiger partial charge in [0.25, 0.3) is 0 Å². The van der Waals surface area contributed by atoms with E-state index in [-0.39, 0.29) is 0 Å². The number of nitriles is 1. The van der Waals surface area contributed by atoms with Crippen LogP contribution < -0.4 is 0 Å². The molecule has 0 spiro atoms. The van der Waals surface area contributed by atoms with Gasteiger partial charge < -0.3 is 0 Å². The van der Waals surface area contributed by atoms with Crippen LogP contribution in [0.5, 0.6) is 0 Å². The number of rotatable bonds is 3. The highest BCUT2D eigenvalue weighted by Gasteiger charge is 2.17. The van der Waals surface area contributed by atoms with Crippen LogP contribution in [0.4, 0.5) is 0 Å². The first-order valence-electron chi connectivity index (χ1n) is 11.5. The van der Waals surface area contributed by atoms with Gasteiger partial charge in [0.05, 0.1) is 11.6 Å². The van der Waals surface area contributed by atoms with Gasteiger partial charge in [-0.3, -0.25) is 0 Å². The van der Waals surface area contributed by atoms with E-state index in [9.17, 15) is 5.26 Å². The van der Waals surface area contributed by atoms with E-state index in [0.29, 0.717) is 5.56 Å². The molecule has 0 atom stereocenters. The van der Waals surface area contributed by atoms with Crippen molar-refractivity contribution < 1.29 is 0 Å². The highest BCUT2D eigenvalue weighted by Crippen LogP contribution is 2.44. The highest BCUT2D eigenvalue weighted by molar-refractivity contribution is 9.10. The van der Waals surface area contributed by atoms with E-state index < -0.39 is 0 Å². The minimum Gasteiger partial charge on any atom is -0.192 e. The van der Waals surface area contributed by atoms with E-state index in [2.05, 4.69) is 125 Å². The molecule has 0 amide bonds. The van der Waals surface area contributed by atoms with E-state index in [1.54, 1.807) is 0 Å². The predicted molar refractivity (Wildman–Crippen MR) is 150 cm³/mol. The fraction of sp³-hybridized carbons (Fsp3) is 0. The van der Waals surface area contributed by atoms with Crippen molar-refractivity contribution in [3.05, 3.63) is 131 Å². The molecule has 164 valence electrons. The molecule has 0 aliphatic rings. The Morgan fingerprint density at radius 2 is 1.03 bits per heavy atom. The zero-order valence-electron chi connectivity index (χ0n) is 18.9. The Morgan fingerprint density at radius 3 is 1.63 bits per heavy atom. The first-order valence-corrected chi connectivity index (χ1v) is 12.3. The quantitative estimate of drug-likeness (QED) is 0.218. The Labute approximate surface area is 213 Å². The number of benzene rings is 6. The second-order valence-electron chi connectivity index (χ2n) is 8.59. The number of halogens is 1. The Morgan fingerprint density at radius 1 is 0.486 bits per heavy atom. The molecular formula is C33H20BrN. The summed E-state index contributed by atoms with van der Waals surface area (Å²) in [6, 6.07) is 44.7. The Hall–Kier alpha value is -4.19. The standard InChI is InChI=1S/C33H20BrN/c34-26-16-18-27(25(19-26)21-35)24-15-17-30-31(20-24)33(23-11-5-2-6-12-23)29-14-8-7-13-28(29)32(30)22-9-3-1-4-10-22/h1-20H. The zero-order valence-corrected chi connectivity index (χ0v) is 20.5. The number of fused-ring (bicyclic) bond motifs is 2. The Kier molecular flexibility index (Phi) is 5.41. The molecule has 0 fully saturated rings. The molecule has 6 rings (SSSR count). The van der Waals surface area contributed by atoms with Gasteiger partial charge in [-0.2, -0.15) is 5.26 Å².